The zero-order chi connectivity index (χ0) is 13.5. The van der Waals surface area contributed by atoms with Gasteiger partial charge < -0.3 is 5.32 Å². The van der Waals surface area contributed by atoms with Gasteiger partial charge in [0.05, 0.1) is 13.1 Å². The molecule has 0 bridgehead atoms. The zero-order valence-electron chi connectivity index (χ0n) is 10.6. The van der Waals surface area contributed by atoms with Crippen molar-refractivity contribution in [3.63, 3.8) is 0 Å². The number of benzene rings is 1. The molecule has 1 rings (SSSR count). The lowest BCUT2D eigenvalue weighted by Crippen LogP contribution is -2.36. The zero-order valence-corrected chi connectivity index (χ0v) is 10.6. The molecule has 0 aliphatic rings. The lowest BCUT2D eigenvalue weighted by Gasteiger charge is -2.14. The van der Waals surface area contributed by atoms with Gasteiger partial charge in [0.1, 0.15) is 5.82 Å². The molecule has 0 aliphatic carbocycles. The number of hydrogen-bond donors (Lipinski definition) is 1. The molecule has 5 heteroatoms. The standard InChI is InChI=1S/C13H17FN2O2/c1-15-13(18)9-16(2)8-11(17)7-10-5-3-4-6-12(10)14/h3-6H,7-9H2,1-2H3,(H,15,18). The number of halogens is 1. The Kier molecular flexibility index (Phi) is 5.45. The first-order valence-electron chi connectivity index (χ1n) is 5.67. The van der Waals surface area contributed by atoms with Crippen LogP contribution < -0.4 is 5.32 Å². The monoisotopic (exact) mass is 252 g/mol. The summed E-state index contributed by atoms with van der Waals surface area (Å²) in [6.45, 7) is 0.279. The number of Topliss-reactive ketones (excluding diaryl/α,β-unsaturated/α-hetero) is 1. The minimum absolute atomic E-state index is 0.0464. The number of hydrogen-bond acceptors (Lipinski definition) is 3. The summed E-state index contributed by atoms with van der Waals surface area (Å²) >= 11 is 0. The van der Waals surface area contributed by atoms with E-state index in [9.17, 15) is 14.0 Å². The minimum atomic E-state index is -0.375. The van der Waals surface area contributed by atoms with Crippen molar-refractivity contribution in [2.75, 3.05) is 27.2 Å². The first-order valence-corrected chi connectivity index (χ1v) is 5.67. The molecule has 0 unspecified atom stereocenters. The Morgan fingerprint density at radius 3 is 2.56 bits per heavy atom. The molecule has 1 N–H and O–H groups in total. The van der Waals surface area contributed by atoms with Gasteiger partial charge in [0.15, 0.2) is 5.78 Å². The second-order valence-electron chi connectivity index (χ2n) is 4.15. The van der Waals surface area contributed by atoms with Gasteiger partial charge in [0, 0.05) is 13.5 Å². The maximum absolute atomic E-state index is 13.3. The molecular weight excluding hydrogens is 235 g/mol. The van der Waals surface area contributed by atoms with Crippen LogP contribution in [0, 0.1) is 5.82 Å². The van der Waals surface area contributed by atoms with Gasteiger partial charge >= 0.3 is 0 Å². The molecule has 0 fully saturated rings. The fourth-order valence-corrected chi connectivity index (χ4v) is 1.59. The summed E-state index contributed by atoms with van der Waals surface area (Å²) in [6, 6.07) is 6.20. The van der Waals surface area contributed by atoms with Crippen molar-refractivity contribution in [3.8, 4) is 0 Å². The largest absolute Gasteiger partial charge is 0.358 e. The molecular formula is C13H17FN2O2. The number of carbonyl (C=O) groups excluding carboxylic acids is 2. The van der Waals surface area contributed by atoms with Crippen LogP contribution in [0.15, 0.2) is 24.3 Å². The molecule has 0 atom stereocenters. The Morgan fingerprint density at radius 2 is 1.94 bits per heavy atom. The minimum Gasteiger partial charge on any atom is -0.358 e. The van der Waals surface area contributed by atoms with Gasteiger partial charge in [-0.15, -0.1) is 0 Å². The molecule has 0 heterocycles. The van der Waals surface area contributed by atoms with E-state index in [1.54, 1.807) is 30.1 Å². The normalized spacial score (nSPS) is 10.4. The molecule has 0 saturated carbocycles. The van der Waals surface area contributed by atoms with Crippen LogP contribution in [0.1, 0.15) is 5.56 Å². The van der Waals surface area contributed by atoms with Crippen molar-refractivity contribution < 1.29 is 14.0 Å². The van der Waals surface area contributed by atoms with Crippen LogP contribution in [-0.4, -0.2) is 43.8 Å². The summed E-state index contributed by atoms with van der Waals surface area (Å²) in [7, 11) is 3.21. The van der Waals surface area contributed by atoms with Gasteiger partial charge in [-0.2, -0.15) is 0 Å². The number of carbonyl (C=O) groups is 2. The van der Waals surface area contributed by atoms with E-state index in [0.717, 1.165) is 0 Å². The van der Waals surface area contributed by atoms with Crippen LogP contribution in [0.3, 0.4) is 0 Å². The van der Waals surface area contributed by atoms with E-state index in [-0.39, 0.29) is 37.0 Å². The molecule has 4 nitrogen and oxygen atoms in total. The molecule has 1 amide bonds. The van der Waals surface area contributed by atoms with E-state index in [4.69, 9.17) is 0 Å². The highest BCUT2D eigenvalue weighted by Gasteiger charge is 2.12. The summed E-state index contributed by atoms with van der Waals surface area (Å²) in [5.74, 6) is -0.650. The third-order valence-corrected chi connectivity index (χ3v) is 2.48. The molecule has 0 aliphatic heterocycles. The maximum Gasteiger partial charge on any atom is 0.233 e. The summed E-state index contributed by atoms with van der Waals surface area (Å²) < 4.78 is 13.3. The average molecular weight is 252 g/mol. The Morgan fingerprint density at radius 1 is 1.28 bits per heavy atom. The predicted octanol–water partition coefficient (Wildman–Crippen LogP) is 0.615. The van der Waals surface area contributed by atoms with Crippen LogP contribution in [0.4, 0.5) is 4.39 Å². The smallest absolute Gasteiger partial charge is 0.233 e. The highest BCUT2D eigenvalue weighted by atomic mass is 19.1. The first-order chi connectivity index (χ1) is 8.52. The summed E-state index contributed by atoms with van der Waals surface area (Å²) in [5.41, 5.74) is 0.385. The van der Waals surface area contributed by atoms with E-state index in [0.29, 0.717) is 5.56 Å². The average Bonchev–Trinajstić information content (AvgIpc) is 2.31. The van der Waals surface area contributed by atoms with Gasteiger partial charge in [-0.3, -0.25) is 14.5 Å². The third-order valence-electron chi connectivity index (χ3n) is 2.48. The predicted molar refractivity (Wildman–Crippen MR) is 66.7 cm³/mol. The SMILES string of the molecule is CNC(=O)CN(C)CC(=O)Cc1ccccc1F. The first kappa shape index (κ1) is 14.3. The molecule has 18 heavy (non-hydrogen) atoms. The number of likely N-dealkylation sites (N-methyl/N-ethyl adjacent to an activating group) is 2. The maximum atomic E-state index is 13.3. The molecule has 0 radical (unpaired) electrons. The number of amides is 1. The van der Waals surface area contributed by atoms with E-state index >= 15 is 0 Å². The van der Waals surface area contributed by atoms with Crippen molar-refractivity contribution in [1.82, 2.24) is 10.2 Å². The fraction of sp³-hybridized carbons (Fsp3) is 0.385. The summed E-state index contributed by atoms with van der Waals surface area (Å²) in [5, 5.41) is 2.48. The fourth-order valence-electron chi connectivity index (χ4n) is 1.59. The quantitative estimate of drug-likeness (QED) is 0.807. The summed E-state index contributed by atoms with van der Waals surface area (Å²) in [6.07, 6.45) is 0.0464. The Balaban J connectivity index is 2.47. The number of ketones is 1. The number of rotatable bonds is 6. The highest BCUT2D eigenvalue weighted by molar-refractivity contribution is 5.84. The van der Waals surface area contributed by atoms with Crippen molar-refractivity contribution in [2.24, 2.45) is 0 Å². The second-order valence-corrected chi connectivity index (χ2v) is 4.15. The number of nitrogens with one attached hydrogen (secondary N) is 1. The molecule has 1 aromatic carbocycles. The van der Waals surface area contributed by atoms with Crippen LogP contribution in [-0.2, 0) is 16.0 Å². The molecule has 0 saturated heterocycles. The van der Waals surface area contributed by atoms with E-state index in [1.807, 2.05) is 0 Å². The topological polar surface area (TPSA) is 49.4 Å². The number of nitrogens with zero attached hydrogens (tertiary/aromatic N) is 1. The third kappa shape index (κ3) is 4.63. The van der Waals surface area contributed by atoms with Gasteiger partial charge in [0.25, 0.3) is 0 Å². The van der Waals surface area contributed by atoms with Crippen molar-refractivity contribution in [3.05, 3.63) is 35.6 Å². The Hall–Kier alpha value is -1.75. The van der Waals surface area contributed by atoms with E-state index < -0.39 is 0 Å². The molecule has 0 aromatic heterocycles. The molecule has 98 valence electrons. The van der Waals surface area contributed by atoms with Gasteiger partial charge in [-0.1, -0.05) is 18.2 Å². The van der Waals surface area contributed by atoms with Crippen LogP contribution >= 0.6 is 0 Å². The van der Waals surface area contributed by atoms with Crippen molar-refractivity contribution in [2.45, 2.75) is 6.42 Å². The lowest BCUT2D eigenvalue weighted by molar-refractivity contribution is -0.123. The Labute approximate surface area is 106 Å². The van der Waals surface area contributed by atoms with Crippen LogP contribution in [0.5, 0.6) is 0 Å². The van der Waals surface area contributed by atoms with Crippen LogP contribution in [0.2, 0.25) is 0 Å². The van der Waals surface area contributed by atoms with E-state index in [2.05, 4.69) is 5.32 Å². The molecule has 0 spiro atoms. The molecule has 1 aromatic rings. The van der Waals surface area contributed by atoms with Gasteiger partial charge in [0.2, 0.25) is 5.91 Å². The Bertz CT molecular complexity index is 435. The van der Waals surface area contributed by atoms with Crippen LogP contribution in [0.25, 0.3) is 0 Å². The summed E-state index contributed by atoms with van der Waals surface area (Å²) in [4.78, 5) is 24.4. The van der Waals surface area contributed by atoms with E-state index in [1.165, 1.54) is 13.1 Å². The van der Waals surface area contributed by atoms with Crippen molar-refractivity contribution in [1.29, 1.82) is 0 Å². The highest BCUT2D eigenvalue weighted by Crippen LogP contribution is 2.07. The second kappa shape index (κ2) is 6.86. The van der Waals surface area contributed by atoms with Gasteiger partial charge in [-0.05, 0) is 18.7 Å². The van der Waals surface area contributed by atoms with Gasteiger partial charge in [-0.25, -0.2) is 4.39 Å². The van der Waals surface area contributed by atoms with Crippen molar-refractivity contribution >= 4 is 11.7 Å². The lowest BCUT2D eigenvalue weighted by atomic mass is 10.1.